The molecule has 2 rings (SSSR count). The lowest BCUT2D eigenvalue weighted by Crippen LogP contribution is -2.49. The number of piperazine rings is 1. The first-order chi connectivity index (χ1) is 9.19. The van der Waals surface area contributed by atoms with Gasteiger partial charge >= 0.3 is 6.03 Å². The topological polar surface area (TPSA) is 59.4 Å². The Kier molecular flexibility index (Phi) is 4.37. The molecule has 5 heteroatoms. The summed E-state index contributed by atoms with van der Waals surface area (Å²) >= 11 is 0. The number of carbonyl (C=O) groups is 1. The quantitative estimate of drug-likeness (QED) is 0.821. The van der Waals surface area contributed by atoms with E-state index in [1.54, 1.807) is 4.90 Å². The number of hydrogen-bond donors (Lipinski definition) is 1. The summed E-state index contributed by atoms with van der Waals surface area (Å²) in [6.07, 6.45) is 0. The van der Waals surface area contributed by atoms with Crippen LogP contribution in [0.4, 0.5) is 10.5 Å². The van der Waals surface area contributed by atoms with E-state index in [0.717, 1.165) is 18.8 Å². The van der Waals surface area contributed by atoms with Crippen LogP contribution in [0.15, 0.2) is 24.3 Å². The minimum absolute atomic E-state index is 0.0690. The zero-order chi connectivity index (χ0) is 13.7. The molecule has 0 spiro atoms. The van der Waals surface area contributed by atoms with Crippen molar-refractivity contribution in [2.75, 3.05) is 38.0 Å². The van der Waals surface area contributed by atoms with Crippen LogP contribution in [-0.4, -0.2) is 48.6 Å². The number of nitrogens with zero attached hydrogens (tertiary/aromatic N) is 3. The number of rotatable bonds is 2. The molecule has 1 N–H and O–H groups in total. The molecule has 1 aromatic rings. The second-order valence-corrected chi connectivity index (χ2v) is 4.72. The molecule has 5 nitrogen and oxygen atoms in total. The highest BCUT2D eigenvalue weighted by atomic mass is 16.2. The van der Waals surface area contributed by atoms with Gasteiger partial charge in [-0.15, -0.1) is 0 Å². The Hall–Kier alpha value is -2.06. The molecule has 0 radical (unpaired) electrons. The second-order valence-electron chi connectivity index (χ2n) is 4.72. The smallest absolute Gasteiger partial charge is 0.321 e. The number of aryl methyl sites for hydroxylation is 1. The number of carbonyl (C=O) groups excluding carboxylic acids is 1. The molecular formula is C14H18N4O. The molecule has 0 bridgehead atoms. The lowest BCUT2D eigenvalue weighted by molar-refractivity contribution is 0.156. The standard InChI is InChI=1S/C14H18N4O/c1-12-2-4-13(5-3-12)16-14(19)18-10-8-17(7-6-15)9-11-18/h2-5H,7-11H2,1H3,(H,16,19). The third-order valence-electron chi connectivity index (χ3n) is 3.26. The van der Waals surface area contributed by atoms with Crippen molar-refractivity contribution in [3.8, 4) is 6.07 Å². The van der Waals surface area contributed by atoms with E-state index in [4.69, 9.17) is 5.26 Å². The Balaban J connectivity index is 1.85. The molecule has 1 heterocycles. The first-order valence-electron chi connectivity index (χ1n) is 6.41. The van der Waals surface area contributed by atoms with E-state index in [-0.39, 0.29) is 6.03 Å². The van der Waals surface area contributed by atoms with Crippen molar-refractivity contribution in [3.05, 3.63) is 29.8 Å². The molecule has 0 unspecified atom stereocenters. The molecule has 0 aliphatic carbocycles. The fraction of sp³-hybridized carbons (Fsp3) is 0.429. The fourth-order valence-corrected chi connectivity index (χ4v) is 2.05. The Bertz CT molecular complexity index is 469. The Labute approximate surface area is 113 Å². The van der Waals surface area contributed by atoms with E-state index in [9.17, 15) is 4.79 Å². The van der Waals surface area contributed by atoms with Crippen molar-refractivity contribution in [1.29, 1.82) is 5.26 Å². The highest BCUT2D eigenvalue weighted by Crippen LogP contribution is 2.10. The SMILES string of the molecule is Cc1ccc(NC(=O)N2CCN(CC#N)CC2)cc1. The largest absolute Gasteiger partial charge is 0.322 e. The normalized spacial score (nSPS) is 15.9. The van der Waals surface area contributed by atoms with Gasteiger partial charge in [-0.3, -0.25) is 4.90 Å². The second kappa shape index (κ2) is 6.21. The molecule has 19 heavy (non-hydrogen) atoms. The van der Waals surface area contributed by atoms with E-state index in [2.05, 4.69) is 16.3 Å². The number of anilines is 1. The summed E-state index contributed by atoms with van der Waals surface area (Å²) in [7, 11) is 0. The number of hydrogen-bond acceptors (Lipinski definition) is 3. The molecule has 2 amide bonds. The van der Waals surface area contributed by atoms with Gasteiger partial charge in [0.25, 0.3) is 0 Å². The number of amides is 2. The molecular weight excluding hydrogens is 240 g/mol. The maximum Gasteiger partial charge on any atom is 0.321 e. The summed E-state index contributed by atoms with van der Waals surface area (Å²) in [5.41, 5.74) is 1.98. The summed E-state index contributed by atoms with van der Waals surface area (Å²) < 4.78 is 0. The van der Waals surface area contributed by atoms with E-state index < -0.39 is 0 Å². The molecule has 1 saturated heterocycles. The van der Waals surface area contributed by atoms with Crippen molar-refractivity contribution in [1.82, 2.24) is 9.80 Å². The molecule has 100 valence electrons. The van der Waals surface area contributed by atoms with E-state index in [1.165, 1.54) is 5.56 Å². The average molecular weight is 258 g/mol. The van der Waals surface area contributed by atoms with Crippen LogP contribution in [0, 0.1) is 18.3 Å². The lowest BCUT2D eigenvalue weighted by Gasteiger charge is -2.33. The predicted molar refractivity (Wildman–Crippen MR) is 73.8 cm³/mol. The van der Waals surface area contributed by atoms with Crippen molar-refractivity contribution in [2.24, 2.45) is 0 Å². The minimum Gasteiger partial charge on any atom is -0.322 e. The summed E-state index contributed by atoms with van der Waals surface area (Å²) in [5.74, 6) is 0. The summed E-state index contributed by atoms with van der Waals surface area (Å²) in [5, 5.41) is 11.5. The van der Waals surface area contributed by atoms with E-state index in [0.29, 0.717) is 19.6 Å². The Morgan fingerprint density at radius 3 is 2.47 bits per heavy atom. The van der Waals surface area contributed by atoms with Gasteiger partial charge in [-0.05, 0) is 19.1 Å². The summed E-state index contributed by atoms with van der Waals surface area (Å²) in [6.45, 7) is 5.30. The van der Waals surface area contributed by atoms with Crippen LogP contribution in [0.1, 0.15) is 5.56 Å². The van der Waals surface area contributed by atoms with Gasteiger partial charge < -0.3 is 10.2 Å². The zero-order valence-electron chi connectivity index (χ0n) is 11.1. The zero-order valence-corrected chi connectivity index (χ0v) is 11.1. The lowest BCUT2D eigenvalue weighted by atomic mass is 10.2. The molecule has 0 aromatic heterocycles. The van der Waals surface area contributed by atoms with Gasteiger partial charge in [-0.1, -0.05) is 17.7 Å². The van der Waals surface area contributed by atoms with Crippen LogP contribution in [0.3, 0.4) is 0 Å². The van der Waals surface area contributed by atoms with Gasteiger partial charge in [0.05, 0.1) is 12.6 Å². The van der Waals surface area contributed by atoms with Gasteiger partial charge in [0.15, 0.2) is 0 Å². The van der Waals surface area contributed by atoms with Crippen molar-refractivity contribution in [3.63, 3.8) is 0 Å². The van der Waals surface area contributed by atoms with Gasteiger partial charge in [-0.25, -0.2) is 4.79 Å². The summed E-state index contributed by atoms with van der Waals surface area (Å²) in [4.78, 5) is 15.9. The van der Waals surface area contributed by atoms with Gasteiger partial charge in [-0.2, -0.15) is 5.26 Å². The van der Waals surface area contributed by atoms with Gasteiger partial charge in [0.2, 0.25) is 0 Å². The van der Waals surface area contributed by atoms with Crippen LogP contribution in [0.5, 0.6) is 0 Å². The number of nitrogens with one attached hydrogen (secondary N) is 1. The number of urea groups is 1. The molecule has 0 saturated carbocycles. The van der Waals surface area contributed by atoms with E-state index >= 15 is 0 Å². The van der Waals surface area contributed by atoms with Crippen molar-refractivity contribution in [2.45, 2.75) is 6.92 Å². The average Bonchev–Trinajstić information content (AvgIpc) is 2.42. The van der Waals surface area contributed by atoms with Gasteiger partial charge in [0, 0.05) is 31.9 Å². The maximum absolute atomic E-state index is 12.0. The number of benzene rings is 1. The van der Waals surface area contributed by atoms with Gasteiger partial charge in [0.1, 0.15) is 0 Å². The molecule has 0 atom stereocenters. The Morgan fingerprint density at radius 1 is 1.26 bits per heavy atom. The first kappa shape index (κ1) is 13.4. The highest BCUT2D eigenvalue weighted by Gasteiger charge is 2.20. The van der Waals surface area contributed by atoms with Crippen LogP contribution in [-0.2, 0) is 0 Å². The monoisotopic (exact) mass is 258 g/mol. The maximum atomic E-state index is 12.0. The molecule has 1 aliphatic heterocycles. The van der Waals surface area contributed by atoms with Crippen LogP contribution in [0.25, 0.3) is 0 Å². The third-order valence-corrected chi connectivity index (χ3v) is 3.26. The third kappa shape index (κ3) is 3.70. The summed E-state index contributed by atoms with van der Waals surface area (Å²) in [6, 6.07) is 9.81. The highest BCUT2D eigenvalue weighted by molar-refractivity contribution is 5.89. The first-order valence-corrected chi connectivity index (χ1v) is 6.41. The van der Waals surface area contributed by atoms with Crippen molar-refractivity contribution < 1.29 is 4.79 Å². The van der Waals surface area contributed by atoms with Crippen molar-refractivity contribution >= 4 is 11.7 Å². The molecule has 1 fully saturated rings. The van der Waals surface area contributed by atoms with E-state index in [1.807, 2.05) is 31.2 Å². The van der Waals surface area contributed by atoms with Crippen LogP contribution < -0.4 is 5.32 Å². The Morgan fingerprint density at radius 2 is 1.89 bits per heavy atom. The predicted octanol–water partition coefficient (Wildman–Crippen LogP) is 1.67. The fourth-order valence-electron chi connectivity index (χ4n) is 2.05. The van der Waals surface area contributed by atoms with Crippen LogP contribution in [0.2, 0.25) is 0 Å². The number of nitriles is 1. The molecule has 1 aliphatic rings. The molecule has 1 aromatic carbocycles. The van der Waals surface area contributed by atoms with Crippen LogP contribution >= 0.6 is 0 Å². The minimum atomic E-state index is -0.0690.